The van der Waals surface area contributed by atoms with E-state index in [1.165, 1.54) is 20.2 Å². The Bertz CT molecular complexity index is 723. The number of aromatic nitrogens is 2. The lowest BCUT2D eigenvalue weighted by Gasteiger charge is -2.20. The molecule has 1 saturated heterocycles. The number of hydrogen-bond acceptors (Lipinski definition) is 7. The molecule has 0 amide bonds. The second-order valence-electron chi connectivity index (χ2n) is 5.02. The highest BCUT2D eigenvalue weighted by Crippen LogP contribution is 2.38. The number of H-pyrrole nitrogens is 1. The molecule has 1 fully saturated rings. The third-order valence-corrected chi connectivity index (χ3v) is 3.90. The van der Waals surface area contributed by atoms with Crippen molar-refractivity contribution in [1.29, 1.82) is 0 Å². The highest BCUT2D eigenvalue weighted by atomic mass is 31.2. The van der Waals surface area contributed by atoms with E-state index in [-0.39, 0.29) is 5.56 Å². The maximum atomic E-state index is 11.9. The van der Waals surface area contributed by atoms with E-state index in [1.54, 1.807) is 0 Å². The van der Waals surface area contributed by atoms with Gasteiger partial charge in [-0.25, -0.2) is 9.36 Å². The van der Waals surface area contributed by atoms with Gasteiger partial charge in [-0.3, -0.25) is 18.9 Å². The highest BCUT2D eigenvalue weighted by Gasteiger charge is 2.46. The molecule has 1 aliphatic rings. The Morgan fingerprint density at radius 1 is 1.43 bits per heavy atom. The number of hydrogen-bond donors (Lipinski definition) is 4. The van der Waals surface area contributed by atoms with Crippen molar-refractivity contribution in [2.24, 2.45) is 0 Å². The molecule has 12 heteroatoms. The molecule has 4 unspecified atom stereocenters. The van der Waals surface area contributed by atoms with Crippen molar-refractivity contribution in [3.8, 4) is 0 Å². The monoisotopic (exact) mass is 352 g/mol. The summed E-state index contributed by atoms with van der Waals surface area (Å²) in [7, 11) is -3.46. The highest BCUT2D eigenvalue weighted by molar-refractivity contribution is 7.46. The van der Waals surface area contributed by atoms with E-state index in [1.807, 2.05) is 0 Å². The minimum absolute atomic E-state index is 0.243. The molecule has 0 bridgehead atoms. The first-order chi connectivity index (χ1) is 10.6. The minimum Gasteiger partial charge on any atom is -0.387 e. The zero-order chi connectivity index (χ0) is 17.4. The first-order valence-electron chi connectivity index (χ1n) is 6.52. The number of nitrogens with zero attached hydrogens (tertiary/aromatic N) is 1. The molecule has 4 atom stereocenters. The summed E-state index contributed by atoms with van der Waals surface area (Å²) in [5, 5.41) is 10.1. The van der Waals surface area contributed by atoms with Gasteiger partial charge in [0, 0.05) is 18.9 Å². The molecule has 1 aliphatic heterocycles. The molecule has 2 rings (SSSR count). The fourth-order valence-corrected chi connectivity index (χ4v) is 2.62. The average molecular weight is 352 g/mol. The van der Waals surface area contributed by atoms with Crippen LogP contribution in [-0.4, -0.2) is 56.5 Å². The molecular formula is C11H17N2O9P. The number of aromatic amines is 1. The van der Waals surface area contributed by atoms with E-state index in [0.717, 1.165) is 4.57 Å². The second kappa shape index (κ2) is 6.65. The van der Waals surface area contributed by atoms with Crippen LogP contribution in [0.2, 0.25) is 0 Å². The van der Waals surface area contributed by atoms with Crippen molar-refractivity contribution in [3.63, 3.8) is 0 Å². The summed E-state index contributed by atoms with van der Waals surface area (Å²) in [5.41, 5.74) is -1.08. The van der Waals surface area contributed by atoms with Gasteiger partial charge in [0.2, 0.25) is 0 Å². The van der Waals surface area contributed by atoms with Crippen molar-refractivity contribution >= 4 is 7.82 Å². The Balaban J connectivity index is 2.29. The minimum atomic E-state index is -4.74. The van der Waals surface area contributed by atoms with Gasteiger partial charge < -0.3 is 24.4 Å². The number of phosphoric ester groups is 1. The molecule has 1 aromatic heterocycles. The van der Waals surface area contributed by atoms with Crippen LogP contribution in [0.3, 0.4) is 0 Å². The first-order valence-corrected chi connectivity index (χ1v) is 8.05. The van der Waals surface area contributed by atoms with Gasteiger partial charge in [-0.2, -0.15) is 0 Å². The van der Waals surface area contributed by atoms with Crippen LogP contribution in [0.5, 0.6) is 0 Å². The number of ether oxygens (including phenoxy) is 2. The van der Waals surface area contributed by atoms with Crippen molar-refractivity contribution in [3.05, 3.63) is 32.6 Å². The van der Waals surface area contributed by atoms with Crippen LogP contribution in [0.4, 0.5) is 0 Å². The Labute approximate surface area is 129 Å². The van der Waals surface area contributed by atoms with Gasteiger partial charge in [-0.05, 0) is 6.92 Å². The zero-order valence-electron chi connectivity index (χ0n) is 12.3. The summed E-state index contributed by atoms with van der Waals surface area (Å²) >= 11 is 0. The fourth-order valence-electron chi connectivity index (χ4n) is 2.28. The number of nitrogens with one attached hydrogen (secondary N) is 1. The van der Waals surface area contributed by atoms with Crippen LogP contribution in [0, 0.1) is 6.92 Å². The summed E-state index contributed by atoms with van der Waals surface area (Å²) in [6.45, 7) is 0.884. The molecule has 2 heterocycles. The first kappa shape index (κ1) is 18.0. The van der Waals surface area contributed by atoms with Gasteiger partial charge in [0.15, 0.2) is 6.23 Å². The maximum absolute atomic E-state index is 11.9. The van der Waals surface area contributed by atoms with Crippen molar-refractivity contribution in [2.75, 3.05) is 13.7 Å². The number of rotatable bonds is 5. The quantitative estimate of drug-likeness (QED) is 0.449. The van der Waals surface area contributed by atoms with Crippen LogP contribution < -0.4 is 11.2 Å². The van der Waals surface area contributed by atoms with Crippen molar-refractivity contribution in [1.82, 2.24) is 9.55 Å². The smallest absolute Gasteiger partial charge is 0.387 e. The fraction of sp³-hybridized carbons (Fsp3) is 0.636. The van der Waals surface area contributed by atoms with Gasteiger partial charge in [0.25, 0.3) is 5.56 Å². The average Bonchev–Trinajstić information content (AvgIpc) is 2.76. The maximum Gasteiger partial charge on any atom is 0.469 e. The van der Waals surface area contributed by atoms with E-state index in [4.69, 9.17) is 19.3 Å². The van der Waals surface area contributed by atoms with Crippen LogP contribution in [0.15, 0.2) is 15.8 Å². The van der Waals surface area contributed by atoms with E-state index in [2.05, 4.69) is 9.51 Å². The molecule has 0 aromatic carbocycles. The van der Waals surface area contributed by atoms with Gasteiger partial charge in [-0.15, -0.1) is 0 Å². The molecule has 130 valence electrons. The predicted octanol–water partition coefficient (Wildman–Crippen LogP) is -1.77. The number of aliphatic hydroxyl groups excluding tert-OH is 1. The third-order valence-electron chi connectivity index (χ3n) is 3.41. The molecule has 1 aromatic rings. The van der Waals surface area contributed by atoms with Crippen LogP contribution in [0.1, 0.15) is 11.8 Å². The Morgan fingerprint density at radius 3 is 2.65 bits per heavy atom. The normalized spacial score (nSPS) is 28.2. The summed E-state index contributed by atoms with van der Waals surface area (Å²) in [4.78, 5) is 42.8. The summed E-state index contributed by atoms with van der Waals surface area (Å²) in [5.74, 6) is 0. The molecular weight excluding hydrogens is 335 g/mol. The molecule has 0 aliphatic carbocycles. The largest absolute Gasteiger partial charge is 0.469 e. The Kier molecular flexibility index (Phi) is 5.21. The summed E-state index contributed by atoms with van der Waals surface area (Å²) in [6.07, 6.45) is -3.27. The number of aryl methyl sites for hydroxylation is 1. The predicted molar refractivity (Wildman–Crippen MR) is 74.8 cm³/mol. The molecule has 0 saturated carbocycles. The van der Waals surface area contributed by atoms with E-state index >= 15 is 0 Å². The van der Waals surface area contributed by atoms with Crippen LogP contribution in [-0.2, 0) is 18.6 Å². The van der Waals surface area contributed by atoms with Crippen LogP contribution >= 0.6 is 7.82 Å². The van der Waals surface area contributed by atoms with Crippen molar-refractivity contribution in [2.45, 2.75) is 31.5 Å². The van der Waals surface area contributed by atoms with Crippen molar-refractivity contribution < 1.29 is 33.5 Å². The molecule has 0 radical (unpaired) electrons. The van der Waals surface area contributed by atoms with E-state index in [9.17, 15) is 19.3 Å². The van der Waals surface area contributed by atoms with E-state index < -0.39 is 50.2 Å². The van der Waals surface area contributed by atoms with Gasteiger partial charge >= 0.3 is 13.5 Å². The molecule has 23 heavy (non-hydrogen) atoms. The van der Waals surface area contributed by atoms with Gasteiger partial charge in [-0.1, -0.05) is 0 Å². The number of phosphoric acid groups is 1. The van der Waals surface area contributed by atoms with E-state index in [0.29, 0.717) is 0 Å². The lowest BCUT2D eigenvalue weighted by Crippen LogP contribution is -2.39. The molecule has 0 spiro atoms. The van der Waals surface area contributed by atoms with Gasteiger partial charge in [0.05, 0.1) is 6.61 Å². The molecule has 11 nitrogen and oxygen atoms in total. The van der Waals surface area contributed by atoms with Gasteiger partial charge in [0.1, 0.15) is 18.3 Å². The summed E-state index contributed by atoms with van der Waals surface area (Å²) in [6, 6.07) is 0. The Morgan fingerprint density at radius 2 is 2.09 bits per heavy atom. The summed E-state index contributed by atoms with van der Waals surface area (Å²) < 4.78 is 26.6. The molecule has 4 N–H and O–H groups in total. The standard InChI is InChI=1S/C11H17N2O9P/c1-5-3-13(11(16)12-9(5)15)10-8(20-2)7(14)6(22-10)4-21-23(17,18)19/h3,6-8,10,14H,4H2,1-2H3,(H,12,15,16)(H2,17,18,19). The Hall–Kier alpha value is -1.33. The lowest BCUT2D eigenvalue weighted by atomic mass is 10.1. The SMILES string of the molecule is COC1C(O)C(COP(=O)(O)O)OC1n1cc(C)c(=O)[nH]c1=O. The second-order valence-corrected chi connectivity index (χ2v) is 6.26. The zero-order valence-corrected chi connectivity index (χ0v) is 13.2. The topological polar surface area (TPSA) is 160 Å². The number of aliphatic hydroxyl groups is 1. The third kappa shape index (κ3) is 3.96. The lowest BCUT2D eigenvalue weighted by molar-refractivity contribution is -0.0621. The number of methoxy groups -OCH3 is 1. The van der Waals surface area contributed by atoms with Crippen LogP contribution in [0.25, 0.3) is 0 Å².